The lowest BCUT2D eigenvalue weighted by Gasteiger charge is -2.32. The average Bonchev–Trinajstić information content (AvgIpc) is 2.19. The van der Waals surface area contributed by atoms with E-state index in [-0.39, 0.29) is 18.7 Å². The molecule has 6 heteroatoms. The molecule has 1 heterocycles. The quantitative estimate of drug-likeness (QED) is 0.435. The first kappa shape index (κ1) is 12.2. The minimum absolute atomic E-state index is 0.0545. The van der Waals surface area contributed by atoms with Gasteiger partial charge in [-0.25, -0.2) is 4.79 Å². The fraction of sp³-hybridized carbons (Fsp3) is 0.444. The summed E-state index contributed by atoms with van der Waals surface area (Å²) >= 11 is 1.83. The Kier molecular flexibility index (Phi) is 3.83. The van der Waals surface area contributed by atoms with Crippen molar-refractivity contribution < 1.29 is 14.4 Å². The van der Waals surface area contributed by atoms with Gasteiger partial charge in [0.1, 0.15) is 5.57 Å². The van der Waals surface area contributed by atoms with E-state index in [1.54, 1.807) is 13.8 Å². The van der Waals surface area contributed by atoms with Crippen molar-refractivity contribution in [3.8, 4) is 0 Å². The van der Waals surface area contributed by atoms with E-state index in [4.69, 9.17) is 0 Å². The van der Waals surface area contributed by atoms with E-state index < -0.39 is 17.8 Å². The molecule has 1 aliphatic rings. The highest BCUT2D eigenvalue weighted by atomic mass is 127. The third-order valence-electron chi connectivity index (χ3n) is 2.15. The van der Waals surface area contributed by atoms with Crippen LogP contribution in [0.1, 0.15) is 13.8 Å². The Bertz CT molecular complexity index is 323. The minimum atomic E-state index is -0.531. The van der Waals surface area contributed by atoms with Crippen molar-refractivity contribution in [2.75, 3.05) is 13.1 Å². The van der Waals surface area contributed by atoms with Gasteiger partial charge in [-0.1, -0.05) is 22.6 Å². The van der Waals surface area contributed by atoms with Crippen molar-refractivity contribution in [1.29, 1.82) is 0 Å². The van der Waals surface area contributed by atoms with Crippen LogP contribution >= 0.6 is 22.6 Å². The molecule has 1 rings (SSSR count). The molecule has 0 bridgehead atoms. The Hall–Kier alpha value is -0.920. The Morgan fingerprint density at radius 2 is 1.47 bits per heavy atom. The highest BCUT2D eigenvalue weighted by Crippen LogP contribution is 2.17. The first-order chi connectivity index (χ1) is 7.08. The van der Waals surface area contributed by atoms with Crippen LogP contribution in [0.5, 0.6) is 0 Å². The van der Waals surface area contributed by atoms with Crippen molar-refractivity contribution in [2.24, 2.45) is 0 Å². The minimum Gasteiger partial charge on any atom is -0.268 e. The van der Waals surface area contributed by atoms with Gasteiger partial charge in [-0.3, -0.25) is 19.4 Å². The monoisotopic (exact) mass is 322 g/mol. The predicted molar refractivity (Wildman–Crippen MR) is 62.3 cm³/mol. The number of rotatable bonds is 2. The van der Waals surface area contributed by atoms with Crippen LogP contribution in [0, 0.1) is 0 Å². The van der Waals surface area contributed by atoms with Crippen LogP contribution in [0.15, 0.2) is 9.66 Å². The molecule has 82 valence electrons. The van der Waals surface area contributed by atoms with E-state index >= 15 is 0 Å². The maximum Gasteiger partial charge on any atom is 0.333 e. The van der Waals surface area contributed by atoms with Crippen LogP contribution in [0.25, 0.3) is 0 Å². The lowest BCUT2D eigenvalue weighted by Crippen LogP contribution is -2.55. The zero-order valence-electron chi connectivity index (χ0n) is 8.49. The number of carbonyl (C=O) groups is 3. The zero-order valence-corrected chi connectivity index (χ0v) is 10.6. The topological polar surface area (TPSA) is 57.7 Å². The molecule has 0 atom stereocenters. The van der Waals surface area contributed by atoms with Gasteiger partial charge in [0.2, 0.25) is 0 Å². The van der Waals surface area contributed by atoms with Gasteiger partial charge in [-0.05, 0) is 17.9 Å². The molecule has 1 saturated heterocycles. The highest BCUT2D eigenvalue weighted by molar-refractivity contribution is 14.1. The van der Waals surface area contributed by atoms with E-state index in [1.807, 2.05) is 22.6 Å². The van der Waals surface area contributed by atoms with Gasteiger partial charge in [-0.15, -0.1) is 0 Å². The van der Waals surface area contributed by atoms with Crippen LogP contribution in [0.2, 0.25) is 0 Å². The summed E-state index contributed by atoms with van der Waals surface area (Å²) in [5, 5.41) is 0. The third kappa shape index (κ3) is 1.90. The van der Waals surface area contributed by atoms with Crippen LogP contribution in [-0.2, 0) is 9.59 Å². The van der Waals surface area contributed by atoms with Crippen LogP contribution in [-0.4, -0.2) is 40.7 Å². The van der Waals surface area contributed by atoms with Gasteiger partial charge in [0.05, 0.1) is 0 Å². The van der Waals surface area contributed by atoms with E-state index in [0.29, 0.717) is 0 Å². The van der Waals surface area contributed by atoms with Crippen molar-refractivity contribution in [2.45, 2.75) is 13.8 Å². The second-order valence-corrected chi connectivity index (χ2v) is 3.53. The van der Waals surface area contributed by atoms with Crippen molar-refractivity contribution in [3.63, 3.8) is 0 Å². The summed E-state index contributed by atoms with van der Waals surface area (Å²) in [4.78, 5) is 37.1. The second-order valence-electron chi connectivity index (χ2n) is 2.90. The molecular formula is C9H11IN2O3. The number of barbiturate groups is 1. The number of hydrogen-bond donors (Lipinski definition) is 0. The summed E-state index contributed by atoms with van der Waals surface area (Å²) in [5.74, 6) is -1.02. The summed E-state index contributed by atoms with van der Waals surface area (Å²) in [6.45, 7) is 3.94. The van der Waals surface area contributed by atoms with Gasteiger partial charge < -0.3 is 0 Å². The maximum atomic E-state index is 11.7. The normalized spacial score (nSPS) is 17.5. The van der Waals surface area contributed by atoms with E-state index in [9.17, 15) is 14.4 Å². The van der Waals surface area contributed by atoms with E-state index in [1.165, 1.54) is 4.08 Å². The molecule has 0 N–H and O–H groups in total. The average molecular weight is 322 g/mol. The molecule has 1 fully saturated rings. The molecule has 0 aromatic rings. The molecule has 0 unspecified atom stereocenters. The molecule has 15 heavy (non-hydrogen) atoms. The first-order valence-corrected chi connectivity index (χ1v) is 5.81. The lowest BCUT2D eigenvalue weighted by atomic mass is 10.2. The number of nitrogens with zero attached hydrogens (tertiary/aromatic N) is 2. The lowest BCUT2D eigenvalue weighted by molar-refractivity contribution is -0.135. The van der Waals surface area contributed by atoms with Crippen LogP contribution in [0.4, 0.5) is 4.79 Å². The largest absolute Gasteiger partial charge is 0.333 e. The SMILES string of the molecule is CCN1C(=O)C(=CI)C(=O)N(CC)C1=O. The Balaban J connectivity index is 3.15. The van der Waals surface area contributed by atoms with Crippen LogP contribution < -0.4 is 0 Å². The Morgan fingerprint density at radius 3 is 1.73 bits per heavy atom. The fourth-order valence-corrected chi connectivity index (χ4v) is 1.89. The fourth-order valence-electron chi connectivity index (χ4n) is 1.35. The molecule has 0 radical (unpaired) electrons. The molecule has 4 amide bonds. The predicted octanol–water partition coefficient (Wildman–Crippen LogP) is 1.14. The first-order valence-electron chi connectivity index (χ1n) is 4.56. The molecule has 1 aliphatic heterocycles. The van der Waals surface area contributed by atoms with Gasteiger partial charge in [0.25, 0.3) is 11.8 Å². The molecule has 0 aromatic heterocycles. The third-order valence-corrected chi connectivity index (χ3v) is 2.78. The second kappa shape index (κ2) is 4.73. The number of likely N-dealkylation sites (N-methyl/N-ethyl adjacent to an activating group) is 2. The van der Waals surface area contributed by atoms with Crippen molar-refractivity contribution >= 4 is 40.4 Å². The highest BCUT2D eigenvalue weighted by Gasteiger charge is 2.39. The van der Waals surface area contributed by atoms with Crippen LogP contribution in [0.3, 0.4) is 0 Å². The number of imide groups is 2. The van der Waals surface area contributed by atoms with E-state index in [2.05, 4.69) is 0 Å². The Labute approximate surface area is 101 Å². The summed E-state index contributed by atoms with van der Waals surface area (Å²) in [6, 6.07) is -0.531. The molecule has 0 aromatic carbocycles. The standard InChI is InChI=1S/C9H11IN2O3/c1-3-11-7(13)6(5-10)8(14)12(4-2)9(11)15/h5H,3-4H2,1-2H3. The summed E-state index contributed by atoms with van der Waals surface area (Å²) < 4.78 is 1.42. The summed E-state index contributed by atoms with van der Waals surface area (Å²) in [5.41, 5.74) is 0.0545. The molecule has 5 nitrogen and oxygen atoms in total. The number of halogens is 1. The van der Waals surface area contributed by atoms with Gasteiger partial charge in [0.15, 0.2) is 0 Å². The van der Waals surface area contributed by atoms with Gasteiger partial charge >= 0.3 is 6.03 Å². The van der Waals surface area contributed by atoms with Crippen molar-refractivity contribution in [3.05, 3.63) is 9.66 Å². The molecule has 0 aliphatic carbocycles. The number of urea groups is 1. The van der Waals surface area contributed by atoms with E-state index in [0.717, 1.165) is 9.80 Å². The summed E-state index contributed by atoms with van der Waals surface area (Å²) in [6.07, 6.45) is 0. The Morgan fingerprint density at radius 1 is 1.07 bits per heavy atom. The maximum absolute atomic E-state index is 11.7. The molecule has 0 saturated carbocycles. The number of carbonyl (C=O) groups excluding carboxylic acids is 3. The molecule has 0 spiro atoms. The smallest absolute Gasteiger partial charge is 0.268 e. The van der Waals surface area contributed by atoms with Gasteiger partial charge in [-0.2, -0.15) is 0 Å². The van der Waals surface area contributed by atoms with Crippen molar-refractivity contribution in [1.82, 2.24) is 9.80 Å². The number of amides is 4. The molecular weight excluding hydrogens is 311 g/mol. The summed E-state index contributed by atoms with van der Waals surface area (Å²) in [7, 11) is 0. The number of hydrogen-bond acceptors (Lipinski definition) is 3. The zero-order chi connectivity index (χ0) is 11.6. The van der Waals surface area contributed by atoms with Gasteiger partial charge in [0, 0.05) is 13.1 Å².